The standard InChI is InChI=1S/C26H31N3O/c1-28(2)24-16-14-23(15-17-24)25(29(3)4)19-27-26(30)18-20-10-12-22(13-11-20)21-8-6-5-7-9-21/h5-17,25H,18-19H2,1-4H3,(H,27,30)/p+1/t25-/m1/s1. The summed E-state index contributed by atoms with van der Waals surface area (Å²) in [6, 6.07) is 27.3. The van der Waals surface area contributed by atoms with E-state index >= 15 is 0 Å². The van der Waals surface area contributed by atoms with Crippen molar-refractivity contribution in [1.82, 2.24) is 5.32 Å². The molecule has 0 saturated heterocycles. The molecule has 0 heterocycles. The van der Waals surface area contributed by atoms with Gasteiger partial charge in [0.25, 0.3) is 0 Å². The maximum absolute atomic E-state index is 12.5. The Bertz CT molecular complexity index is 932. The van der Waals surface area contributed by atoms with Crippen LogP contribution in [0.3, 0.4) is 0 Å². The van der Waals surface area contributed by atoms with Crippen LogP contribution >= 0.6 is 0 Å². The Hall–Kier alpha value is -3.11. The first-order chi connectivity index (χ1) is 14.4. The van der Waals surface area contributed by atoms with Crippen LogP contribution in [0, 0.1) is 0 Å². The van der Waals surface area contributed by atoms with E-state index < -0.39 is 0 Å². The lowest BCUT2D eigenvalue weighted by molar-refractivity contribution is -0.890. The maximum Gasteiger partial charge on any atom is 0.224 e. The van der Waals surface area contributed by atoms with Crippen LogP contribution in [0.4, 0.5) is 5.69 Å². The van der Waals surface area contributed by atoms with Crippen LogP contribution < -0.4 is 15.1 Å². The average Bonchev–Trinajstić information content (AvgIpc) is 2.75. The fraction of sp³-hybridized carbons (Fsp3) is 0.269. The molecule has 156 valence electrons. The van der Waals surface area contributed by atoms with Crippen molar-refractivity contribution in [2.24, 2.45) is 0 Å². The predicted molar refractivity (Wildman–Crippen MR) is 125 cm³/mol. The molecule has 30 heavy (non-hydrogen) atoms. The first-order valence-electron chi connectivity index (χ1n) is 10.4. The number of amides is 1. The molecule has 4 heteroatoms. The number of hydrogen-bond acceptors (Lipinski definition) is 2. The van der Waals surface area contributed by atoms with Crippen LogP contribution in [-0.2, 0) is 11.2 Å². The Morgan fingerprint density at radius 3 is 2.03 bits per heavy atom. The van der Waals surface area contributed by atoms with E-state index in [1.165, 1.54) is 21.7 Å². The van der Waals surface area contributed by atoms with Crippen LogP contribution in [0.25, 0.3) is 11.1 Å². The number of benzene rings is 3. The van der Waals surface area contributed by atoms with Crippen LogP contribution in [0.1, 0.15) is 17.2 Å². The number of anilines is 1. The summed E-state index contributed by atoms with van der Waals surface area (Å²) in [5, 5.41) is 3.12. The number of likely N-dealkylation sites (N-methyl/N-ethyl adjacent to an activating group) is 1. The number of nitrogens with one attached hydrogen (secondary N) is 2. The summed E-state index contributed by atoms with van der Waals surface area (Å²) in [4.78, 5) is 15.9. The minimum absolute atomic E-state index is 0.0543. The van der Waals surface area contributed by atoms with E-state index in [4.69, 9.17) is 0 Å². The Kier molecular flexibility index (Phi) is 7.26. The van der Waals surface area contributed by atoms with Gasteiger partial charge in [-0.15, -0.1) is 0 Å². The van der Waals surface area contributed by atoms with E-state index in [1.807, 2.05) is 44.4 Å². The van der Waals surface area contributed by atoms with Gasteiger partial charge in [0, 0.05) is 25.3 Å². The Morgan fingerprint density at radius 2 is 1.47 bits per heavy atom. The third-order valence-electron chi connectivity index (χ3n) is 5.44. The molecule has 3 rings (SSSR count). The molecule has 0 fully saturated rings. The largest absolute Gasteiger partial charge is 0.378 e. The third kappa shape index (κ3) is 5.71. The van der Waals surface area contributed by atoms with Gasteiger partial charge in [0.15, 0.2) is 0 Å². The summed E-state index contributed by atoms with van der Waals surface area (Å²) in [6.45, 7) is 0.616. The highest BCUT2D eigenvalue weighted by atomic mass is 16.1. The monoisotopic (exact) mass is 402 g/mol. The van der Waals surface area contributed by atoms with Gasteiger partial charge in [-0.25, -0.2) is 0 Å². The lowest BCUT2D eigenvalue weighted by Gasteiger charge is -2.23. The number of carbonyl (C=O) groups excluding carboxylic acids is 1. The first kappa shape index (κ1) is 21.6. The lowest BCUT2D eigenvalue weighted by atomic mass is 10.0. The topological polar surface area (TPSA) is 36.8 Å². The zero-order chi connectivity index (χ0) is 21.5. The molecular weight excluding hydrogens is 370 g/mol. The van der Waals surface area contributed by atoms with Gasteiger partial charge in [0.1, 0.15) is 6.04 Å². The van der Waals surface area contributed by atoms with E-state index in [0.29, 0.717) is 13.0 Å². The molecule has 1 atom stereocenters. The third-order valence-corrected chi connectivity index (χ3v) is 5.44. The van der Waals surface area contributed by atoms with Crippen molar-refractivity contribution in [3.63, 3.8) is 0 Å². The second kappa shape index (κ2) is 10.1. The number of quaternary nitrogens is 1. The average molecular weight is 403 g/mol. The first-order valence-corrected chi connectivity index (χ1v) is 10.4. The normalized spacial score (nSPS) is 11.9. The van der Waals surface area contributed by atoms with Crippen molar-refractivity contribution in [3.8, 4) is 11.1 Å². The number of carbonyl (C=O) groups is 1. The Labute approximate surface area is 180 Å². The molecule has 0 unspecified atom stereocenters. The molecule has 3 aromatic rings. The molecule has 0 radical (unpaired) electrons. The van der Waals surface area contributed by atoms with Gasteiger partial charge >= 0.3 is 0 Å². The molecule has 0 bridgehead atoms. The molecule has 0 saturated carbocycles. The zero-order valence-corrected chi connectivity index (χ0v) is 18.4. The smallest absolute Gasteiger partial charge is 0.224 e. The number of nitrogens with zero attached hydrogens (tertiary/aromatic N) is 1. The highest BCUT2D eigenvalue weighted by molar-refractivity contribution is 5.79. The summed E-state index contributed by atoms with van der Waals surface area (Å²) >= 11 is 0. The Morgan fingerprint density at radius 1 is 0.867 bits per heavy atom. The SMILES string of the molecule is CN(C)c1ccc([C@@H](CNC(=O)Cc2ccc(-c3ccccc3)cc2)[NH+](C)C)cc1. The summed E-state index contributed by atoms with van der Waals surface area (Å²) in [5.74, 6) is 0.0543. The highest BCUT2D eigenvalue weighted by Gasteiger charge is 2.19. The van der Waals surface area contributed by atoms with E-state index in [0.717, 1.165) is 11.1 Å². The molecule has 1 amide bonds. The molecule has 0 aromatic heterocycles. The zero-order valence-electron chi connectivity index (χ0n) is 18.4. The fourth-order valence-corrected chi connectivity index (χ4v) is 3.57. The highest BCUT2D eigenvalue weighted by Crippen LogP contribution is 2.19. The molecule has 0 aliphatic heterocycles. The van der Waals surface area contributed by atoms with Crippen molar-refractivity contribution >= 4 is 11.6 Å². The van der Waals surface area contributed by atoms with Crippen LogP contribution in [0.2, 0.25) is 0 Å². The van der Waals surface area contributed by atoms with Gasteiger partial charge in [-0.2, -0.15) is 0 Å². The second-order valence-corrected chi connectivity index (χ2v) is 8.16. The van der Waals surface area contributed by atoms with Crippen molar-refractivity contribution in [1.29, 1.82) is 0 Å². The summed E-state index contributed by atoms with van der Waals surface area (Å²) in [7, 11) is 8.32. The van der Waals surface area contributed by atoms with E-state index in [1.54, 1.807) is 0 Å². The summed E-state index contributed by atoms with van der Waals surface area (Å²) in [5.41, 5.74) is 5.78. The van der Waals surface area contributed by atoms with Crippen LogP contribution in [0.15, 0.2) is 78.9 Å². The van der Waals surface area contributed by atoms with Crippen molar-refractivity contribution in [2.45, 2.75) is 12.5 Å². The van der Waals surface area contributed by atoms with E-state index in [2.05, 4.69) is 72.8 Å². The fourth-order valence-electron chi connectivity index (χ4n) is 3.57. The molecule has 0 aliphatic carbocycles. The Balaban J connectivity index is 1.58. The van der Waals surface area contributed by atoms with Gasteiger partial charge in [-0.05, 0) is 28.8 Å². The minimum Gasteiger partial charge on any atom is -0.378 e. The van der Waals surface area contributed by atoms with Crippen molar-refractivity contribution < 1.29 is 9.69 Å². The molecule has 0 spiro atoms. The number of hydrogen-bond donors (Lipinski definition) is 2. The maximum atomic E-state index is 12.5. The quantitative estimate of drug-likeness (QED) is 0.608. The minimum atomic E-state index is 0.0543. The van der Waals surface area contributed by atoms with Crippen molar-refractivity contribution in [2.75, 3.05) is 39.6 Å². The van der Waals surface area contributed by atoms with E-state index in [-0.39, 0.29) is 11.9 Å². The lowest BCUT2D eigenvalue weighted by Crippen LogP contribution is -3.07. The van der Waals surface area contributed by atoms with Gasteiger partial charge in [0.2, 0.25) is 5.91 Å². The van der Waals surface area contributed by atoms with Crippen LogP contribution in [0.5, 0.6) is 0 Å². The van der Waals surface area contributed by atoms with Gasteiger partial charge in [0.05, 0.1) is 27.1 Å². The van der Waals surface area contributed by atoms with Gasteiger partial charge in [-0.3, -0.25) is 4.79 Å². The van der Waals surface area contributed by atoms with Crippen molar-refractivity contribution in [3.05, 3.63) is 90.0 Å². The molecule has 0 aliphatic rings. The summed E-state index contributed by atoms with van der Waals surface area (Å²) in [6.07, 6.45) is 0.393. The molecule has 3 aromatic carbocycles. The summed E-state index contributed by atoms with van der Waals surface area (Å²) < 4.78 is 0. The van der Waals surface area contributed by atoms with Gasteiger partial charge < -0.3 is 15.1 Å². The van der Waals surface area contributed by atoms with Gasteiger partial charge in [-0.1, -0.05) is 66.7 Å². The molecule has 2 N–H and O–H groups in total. The molecular formula is C26H32N3O+. The molecule has 4 nitrogen and oxygen atoms in total. The van der Waals surface area contributed by atoms with E-state index in [9.17, 15) is 4.79 Å². The second-order valence-electron chi connectivity index (χ2n) is 8.16. The number of rotatable bonds is 8. The predicted octanol–water partition coefficient (Wildman–Crippen LogP) is 2.96. The van der Waals surface area contributed by atoms with Crippen LogP contribution in [-0.4, -0.2) is 40.6 Å².